The Hall–Kier alpha value is -1.15. The van der Waals surface area contributed by atoms with E-state index >= 15 is 0 Å². The summed E-state index contributed by atoms with van der Waals surface area (Å²) >= 11 is 0. The van der Waals surface area contributed by atoms with Gasteiger partial charge in [0.05, 0.1) is 16.9 Å². The zero-order valence-corrected chi connectivity index (χ0v) is 10.9. The van der Waals surface area contributed by atoms with Crippen LogP contribution in [0.3, 0.4) is 0 Å². The van der Waals surface area contributed by atoms with Crippen LogP contribution in [0.2, 0.25) is 0 Å². The molecule has 0 radical (unpaired) electrons. The minimum Gasteiger partial charge on any atom is -0.387 e. The van der Waals surface area contributed by atoms with Gasteiger partial charge >= 0.3 is 6.18 Å². The number of alkyl halides is 3. The zero-order chi connectivity index (χ0) is 15.0. The van der Waals surface area contributed by atoms with Gasteiger partial charge in [-0.2, -0.15) is 13.2 Å². The van der Waals surface area contributed by atoms with Gasteiger partial charge in [0.15, 0.2) is 9.84 Å². The van der Waals surface area contributed by atoms with Crippen molar-refractivity contribution in [1.29, 1.82) is 0 Å². The molecule has 1 rings (SSSR count). The Morgan fingerprint density at radius 2 is 1.79 bits per heavy atom. The lowest BCUT2D eigenvalue weighted by atomic mass is 10.0. The van der Waals surface area contributed by atoms with E-state index in [1.54, 1.807) is 0 Å². The highest BCUT2D eigenvalue weighted by Gasteiger charge is 2.35. The summed E-state index contributed by atoms with van der Waals surface area (Å²) in [5.41, 5.74) is -1.84. The number of rotatable bonds is 3. The maximum absolute atomic E-state index is 13.0. The quantitative estimate of drug-likeness (QED) is 0.872. The third-order valence-electron chi connectivity index (χ3n) is 2.76. The van der Waals surface area contributed by atoms with Crippen molar-refractivity contribution in [3.63, 3.8) is 0 Å². The molecule has 0 saturated carbocycles. The molecule has 108 valence electrons. The van der Waals surface area contributed by atoms with Crippen molar-refractivity contribution in [3.8, 4) is 0 Å². The van der Waals surface area contributed by atoms with Crippen LogP contribution in [0, 0.1) is 5.82 Å². The molecule has 0 aliphatic carbocycles. The number of aliphatic hydroxyl groups excluding tert-OH is 1. The molecule has 2 atom stereocenters. The van der Waals surface area contributed by atoms with Crippen LogP contribution in [-0.2, 0) is 16.0 Å². The van der Waals surface area contributed by atoms with E-state index in [1.165, 1.54) is 0 Å². The molecule has 1 aromatic carbocycles. The van der Waals surface area contributed by atoms with Crippen molar-refractivity contribution in [2.75, 3.05) is 6.26 Å². The predicted molar refractivity (Wildman–Crippen MR) is 60.7 cm³/mol. The molecule has 1 N–H and O–H groups in total. The highest BCUT2D eigenvalue weighted by molar-refractivity contribution is 7.91. The van der Waals surface area contributed by atoms with Crippen LogP contribution in [0.1, 0.15) is 24.2 Å². The molecule has 0 amide bonds. The summed E-state index contributed by atoms with van der Waals surface area (Å²) < 4.78 is 73.0. The van der Waals surface area contributed by atoms with Crippen LogP contribution < -0.4 is 0 Å². The molecule has 0 aliphatic heterocycles. The van der Waals surface area contributed by atoms with Crippen LogP contribution in [0.25, 0.3) is 0 Å². The van der Waals surface area contributed by atoms with Crippen molar-refractivity contribution in [2.24, 2.45) is 0 Å². The molecule has 0 spiro atoms. The van der Waals surface area contributed by atoms with Gasteiger partial charge in [0.2, 0.25) is 0 Å². The summed E-state index contributed by atoms with van der Waals surface area (Å²) in [5, 5.41) is 8.44. The average Bonchev–Trinajstić information content (AvgIpc) is 2.25. The topological polar surface area (TPSA) is 54.4 Å². The summed E-state index contributed by atoms with van der Waals surface area (Å²) in [6.45, 7) is 1.16. The fraction of sp³-hybridized carbons (Fsp3) is 0.455. The Bertz CT molecular complexity index is 566. The van der Waals surface area contributed by atoms with Crippen molar-refractivity contribution < 1.29 is 31.1 Å². The average molecular weight is 300 g/mol. The van der Waals surface area contributed by atoms with E-state index in [0.29, 0.717) is 12.1 Å². The number of halogens is 4. The number of aliphatic hydroxyl groups is 1. The van der Waals surface area contributed by atoms with Crippen LogP contribution in [-0.4, -0.2) is 25.0 Å². The van der Waals surface area contributed by atoms with E-state index in [2.05, 4.69) is 0 Å². The molecule has 0 fully saturated rings. The maximum atomic E-state index is 13.0. The van der Waals surface area contributed by atoms with E-state index in [0.717, 1.165) is 19.2 Å². The smallest absolute Gasteiger partial charge is 0.387 e. The summed E-state index contributed by atoms with van der Waals surface area (Å²) in [4.78, 5) is 0. The number of hydrogen-bond acceptors (Lipinski definition) is 3. The Kier molecular flexibility index (Phi) is 4.26. The molecule has 0 saturated heterocycles. The van der Waals surface area contributed by atoms with Crippen molar-refractivity contribution in [3.05, 3.63) is 35.1 Å². The second-order valence-corrected chi connectivity index (χ2v) is 6.62. The van der Waals surface area contributed by atoms with Gasteiger partial charge in [-0.15, -0.1) is 0 Å². The molecular weight excluding hydrogens is 288 g/mol. The monoisotopic (exact) mass is 300 g/mol. The van der Waals surface area contributed by atoms with E-state index < -0.39 is 38.7 Å². The van der Waals surface area contributed by atoms with Crippen LogP contribution in [0.15, 0.2) is 18.2 Å². The number of sulfone groups is 1. The molecule has 0 aromatic heterocycles. The summed E-state index contributed by atoms with van der Waals surface area (Å²) in [7, 11) is -3.63. The molecule has 19 heavy (non-hydrogen) atoms. The van der Waals surface area contributed by atoms with E-state index in [-0.39, 0.29) is 5.56 Å². The Morgan fingerprint density at radius 1 is 1.26 bits per heavy atom. The van der Waals surface area contributed by atoms with Gasteiger partial charge < -0.3 is 5.11 Å². The first-order valence-corrected chi connectivity index (χ1v) is 7.13. The first-order chi connectivity index (χ1) is 8.44. The molecular formula is C11H12F4O3S. The lowest BCUT2D eigenvalue weighted by molar-refractivity contribution is -0.140. The molecule has 8 heteroatoms. The first kappa shape index (κ1) is 15.9. The van der Waals surface area contributed by atoms with E-state index in [4.69, 9.17) is 0 Å². The largest absolute Gasteiger partial charge is 0.419 e. The van der Waals surface area contributed by atoms with Gasteiger partial charge in [-0.25, -0.2) is 12.8 Å². The maximum Gasteiger partial charge on any atom is 0.419 e. The number of hydrogen-bond donors (Lipinski definition) is 1. The van der Waals surface area contributed by atoms with Crippen LogP contribution >= 0.6 is 0 Å². The highest BCUT2D eigenvalue weighted by Crippen LogP contribution is 2.34. The predicted octanol–water partition coefficient (Wildman–Crippen LogP) is 2.31. The van der Waals surface area contributed by atoms with E-state index in [1.807, 2.05) is 0 Å². The van der Waals surface area contributed by atoms with Gasteiger partial charge in [0, 0.05) is 6.26 Å². The summed E-state index contributed by atoms with van der Waals surface area (Å²) in [5.74, 6) is -1.48. The molecule has 1 aromatic rings. The molecule has 0 bridgehead atoms. The van der Waals surface area contributed by atoms with Crippen LogP contribution in [0.5, 0.6) is 0 Å². The lowest BCUT2D eigenvalue weighted by Crippen LogP contribution is -2.24. The SMILES string of the molecule is CC(C(O)c1ccc(F)c(C(F)(F)F)c1)S(C)(=O)=O. The van der Waals surface area contributed by atoms with Crippen LogP contribution in [0.4, 0.5) is 17.6 Å². The highest BCUT2D eigenvalue weighted by atomic mass is 32.2. The molecule has 3 nitrogen and oxygen atoms in total. The Balaban J connectivity index is 3.24. The summed E-state index contributed by atoms with van der Waals surface area (Å²) in [6, 6.07) is 1.90. The molecule has 0 aliphatic rings. The number of benzene rings is 1. The van der Waals surface area contributed by atoms with Gasteiger partial charge in [-0.05, 0) is 24.6 Å². The van der Waals surface area contributed by atoms with Gasteiger partial charge in [-0.1, -0.05) is 6.07 Å². The van der Waals surface area contributed by atoms with Crippen molar-refractivity contribution in [2.45, 2.75) is 24.5 Å². The lowest BCUT2D eigenvalue weighted by Gasteiger charge is -2.19. The fourth-order valence-electron chi connectivity index (χ4n) is 1.45. The van der Waals surface area contributed by atoms with Crippen molar-refractivity contribution >= 4 is 9.84 Å². The second-order valence-electron chi connectivity index (χ2n) is 4.22. The zero-order valence-electron chi connectivity index (χ0n) is 10.1. The molecule has 0 heterocycles. The van der Waals surface area contributed by atoms with Crippen molar-refractivity contribution in [1.82, 2.24) is 0 Å². The van der Waals surface area contributed by atoms with Gasteiger partial charge in [-0.3, -0.25) is 0 Å². The van der Waals surface area contributed by atoms with E-state index in [9.17, 15) is 31.1 Å². The second kappa shape index (κ2) is 5.09. The Morgan fingerprint density at radius 3 is 2.21 bits per heavy atom. The third-order valence-corrected chi connectivity index (χ3v) is 4.37. The minimum atomic E-state index is -4.91. The first-order valence-electron chi connectivity index (χ1n) is 5.18. The fourth-order valence-corrected chi connectivity index (χ4v) is 2.07. The standard InChI is InChI=1S/C11H12F4O3S/c1-6(19(2,17)18)10(16)7-3-4-9(12)8(5-7)11(13,14)15/h3-6,10,16H,1-2H3. The Labute approximate surface area is 107 Å². The molecule has 2 unspecified atom stereocenters. The van der Waals surface area contributed by atoms with Gasteiger partial charge in [0.25, 0.3) is 0 Å². The normalized spacial score (nSPS) is 16.2. The minimum absolute atomic E-state index is 0.299. The summed E-state index contributed by atoms with van der Waals surface area (Å²) in [6.07, 6.45) is -5.71. The van der Waals surface area contributed by atoms with Gasteiger partial charge in [0.1, 0.15) is 5.82 Å². The third kappa shape index (κ3) is 3.66.